The number of nitrogens with zero attached hydrogens (tertiary/aromatic N) is 3. The monoisotopic (exact) mass is 465 g/mol. The zero-order chi connectivity index (χ0) is 22.0. The standard InChI is InChI=1S/C20H17Cl2N3O4S/c1-11-6-12(2)19(16(22)7-11)24(13(3)26)20-23-15(10-30-20)9-29-18-5-4-14(21)8-17(18)25(27)28/h4-8,10H,9H2,1-3H3. The smallest absolute Gasteiger partial charge is 0.312 e. The third kappa shape index (κ3) is 4.72. The summed E-state index contributed by atoms with van der Waals surface area (Å²) in [6.07, 6.45) is 0. The fourth-order valence-electron chi connectivity index (χ4n) is 2.95. The summed E-state index contributed by atoms with van der Waals surface area (Å²) in [5.41, 5.74) is 2.70. The van der Waals surface area contributed by atoms with E-state index in [2.05, 4.69) is 4.98 Å². The number of amides is 1. The van der Waals surface area contributed by atoms with Gasteiger partial charge >= 0.3 is 5.69 Å². The molecule has 0 radical (unpaired) electrons. The number of rotatable bonds is 6. The van der Waals surface area contributed by atoms with Crippen LogP contribution in [0.25, 0.3) is 0 Å². The molecule has 0 aliphatic rings. The molecule has 7 nitrogen and oxygen atoms in total. The van der Waals surface area contributed by atoms with Gasteiger partial charge in [-0.15, -0.1) is 11.3 Å². The Labute approximate surface area is 187 Å². The van der Waals surface area contributed by atoms with E-state index in [-0.39, 0.29) is 29.0 Å². The van der Waals surface area contributed by atoms with E-state index in [9.17, 15) is 14.9 Å². The van der Waals surface area contributed by atoms with Crippen molar-refractivity contribution in [2.45, 2.75) is 27.4 Å². The highest BCUT2D eigenvalue weighted by molar-refractivity contribution is 7.14. The second-order valence-electron chi connectivity index (χ2n) is 6.55. The Balaban J connectivity index is 1.87. The number of benzene rings is 2. The summed E-state index contributed by atoms with van der Waals surface area (Å²) in [6.45, 7) is 5.23. The van der Waals surface area contributed by atoms with Crippen LogP contribution in [0.2, 0.25) is 10.0 Å². The van der Waals surface area contributed by atoms with Gasteiger partial charge in [0.1, 0.15) is 6.61 Å². The van der Waals surface area contributed by atoms with E-state index in [0.29, 0.717) is 21.5 Å². The Kier molecular flexibility index (Phi) is 6.60. The molecule has 1 heterocycles. The van der Waals surface area contributed by atoms with Gasteiger partial charge in [-0.1, -0.05) is 29.3 Å². The average molecular weight is 466 g/mol. The minimum atomic E-state index is -0.562. The number of nitro groups is 1. The molecular formula is C20H17Cl2N3O4S. The Bertz CT molecular complexity index is 1110. The van der Waals surface area contributed by atoms with Crippen molar-refractivity contribution in [1.29, 1.82) is 0 Å². The molecular weight excluding hydrogens is 449 g/mol. The molecule has 2 aromatic carbocycles. The summed E-state index contributed by atoms with van der Waals surface area (Å²) in [5, 5.41) is 14.0. The van der Waals surface area contributed by atoms with Crippen LogP contribution in [0.5, 0.6) is 5.75 Å². The van der Waals surface area contributed by atoms with Crippen LogP contribution >= 0.6 is 34.5 Å². The first-order chi connectivity index (χ1) is 14.2. The molecule has 30 heavy (non-hydrogen) atoms. The van der Waals surface area contributed by atoms with Crippen molar-refractivity contribution >= 4 is 57.0 Å². The number of anilines is 2. The van der Waals surface area contributed by atoms with E-state index in [1.54, 1.807) is 11.4 Å². The number of carbonyl (C=O) groups is 1. The van der Waals surface area contributed by atoms with Gasteiger partial charge in [0, 0.05) is 23.4 Å². The second-order valence-corrected chi connectivity index (χ2v) is 8.23. The third-order valence-corrected chi connectivity index (χ3v) is 5.56. The summed E-state index contributed by atoms with van der Waals surface area (Å²) in [7, 11) is 0. The highest BCUT2D eigenvalue weighted by Gasteiger charge is 2.23. The van der Waals surface area contributed by atoms with Crippen molar-refractivity contribution in [2.75, 3.05) is 4.90 Å². The van der Waals surface area contributed by atoms with E-state index in [1.165, 1.54) is 41.4 Å². The number of aromatic nitrogens is 1. The van der Waals surface area contributed by atoms with E-state index < -0.39 is 4.92 Å². The van der Waals surface area contributed by atoms with Crippen LogP contribution in [-0.4, -0.2) is 15.8 Å². The molecule has 3 aromatic rings. The maximum atomic E-state index is 12.4. The molecule has 0 atom stereocenters. The summed E-state index contributed by atoms with van der Waals surface area (Å²) in [5.74, 6) is -0.154. The number of ether oxygens (including phenoxy) is 1. The van der Waals surface area contributed by atoms with E-state index in [4.69, 9.17) is 27.9 Å². The molecule has 0 fully saturated rings. The van der Waals surface area contributed by atoms with Crippen LogP contribution in [0.1, 0.15) is 23.7 Å². The molecule has 0 aliphatic carbocycles. The number of hydrogen-bond donors (Lipinski definition) is 0. The lowest BCUT2D eigenvalue weighted by Gasteiger charge is -2.22. The van der Waals surface area contributed by atoms with Crippen LogP contribution in [0.15, 0.2) is 35.7 Å². The van der Waals surface area contributed by atoms with E-state index >= 15 is 0 Å². The predicted molar refractivity (Wildman–Crippen MR) is 118 cm³/mol. The van der Waals surface area contributed by atoms with Gasteiger partial charge in [0.05, 0.1) is 21.3 Å². The number of nitro benzene ring substituents is 1. The van der Waals surface area contributed by atoms with Crippen molar-refractivity contribution < 1.29 is 14.5 Å². The van der Waals surface area contributed by atoms with E-state index in [0.717, 1.165) is 11.1 Å². The minimum absolute atomic E-state index is 0.00860. The largest absolute Gasteiger partial charge is 0.480 e. The highest BCUT2D eigenvalue weighted by Crippen LogP contribution is 2.38. The maximum Gasteiger partial charge on any atom is 0.312 e. The van der Waals surface area contributed by atoms with Crippen molar-refractivity contribution in [3.8, 4) is 5.75 Å². The first-order valence-corrected chi connectivity index (χ1v) is 10.4. The topological polar surface area (TPSA) is 85.6 Å². The highest BCUT2D eigenvalue weighted by atomic mass is 35.5. The number of aryl methyl sites for hydroxylation is 2. The maximum absolute atomic E-state index is 12.4. The zero-order valence-electron chi connectivity index (χ0n) is 16.3. The Hall–Kier alpha value is -2.68. The first kappa shape index (κ1) is 22.0. The summed E-state index contributed by atoms with van der Waals surface area (Å²) in [6, 6.07) is 7.90. The Morgan fingerprint density at radius 3 is 2.63 bits per heavy atom. The second kappa shape index (κ2) is 8.99. The lowest BCUT2D eigenvalue weighted by atomic mass is 10.1. The Morgan fingerprint density at radius 1 is 1.27 bits per heavy atom. The molecule has 0 aliphatic heterocycles. The van der Waals surface area contributed by atoms with Crippen LogP contribution in [0.3, 0.4) is 0 Å². The molecule has 1 amide bonds. The molecule has 0 saturated carbocycles. The van der Waals surface area contributed by atoms with Crippen molar-refractivity contribution in [3.63, 3.8) is 0 Å². The predicted octanol–water partition coefficient (Wildman–Crippen LogP) is 6.24. The SMILES string of the molecule is CC(=O)N(c1nc(COc2ccc(Cl)cc2[N+](=O)[O-])cs1)c1c(C)cc(C)cc1Cl. The fourth-order valence-corrected chi connectivity index (χ4v) is 4.38. The van der Waals surface area contributed by atoms with Crippen molar-refractivity contribution in [3.05, 3.63) is 72.7 Å². The van der Waals surface area contributed by atoms with E-state index in [1.807, 2.05) is 19.9 Å². The number of thiazole rings is 1. The molecule has 0 saturated heterocycles. The summed E-state index contributed by atoms with van der Waals surface area (Å²) < 4.78 is 5.58. The average Bonchev–Trinajstić information content (AvgIpc) is 3.11. The van der Waals surface area contributed by atoms with Gasteiger partial charge in [0.25, 0.3) is 0 Å². The van der Waals surface area contributed by atoms with Gasteiger partial charge in [-0.25, -0.2) is 4.98 Å². The van der Waals surface area contributed by atoms with Crippen LogP contribution in [0.4, 0.5) is 16.5 Å². The molecule has 10 heteroatoms. The molecule has 0 spiro atoms. The molecule has 1 aromatic heterocycles. The van der Waals surface area contributed by atoms with Gasteiger partial charge in [-0.05, 0) is 43.2 Å². The molecule has 3 rings (SSSR count). The van der Waals surface area contributed by atoms with Gasteiger partial charge in [-0.2, -0.15) is 0 Å². The van der Waals surface area contributed by atoms with Crippen LogP contribution in [-0.2, 0) is 11.4 Å². The number of hydrogen-bond acceptors (Lipinski definition) is 6. The normalized spacial score (nSPS) is 10.7. The molecule has 156 valence electrons. The number of halogens is 2. The summed E-state index contributed by atoms with van der Waals surface area (Å²) in [4.78, 5) is 28.9. The first-order valence-electron chi connectivity index (χ1n) is 8.76. The minimum Gasteiger partial charge on any atom is -0.480 e. The molecule has 0 bridgehead atoms. The van der Waals surface area contributed by atoms with Crippen LogP contribution < -0.4 is 9.64 Å². The van der Waals surface area contributed by atoms with Crippen LogP contribution in [0, 0.1) is 24.0 Å². The molecule has 0 unspecified atom stereocenters. The van der Waals surface area contributed by atoms with Gasteiger partial charge in [0.2, 0.25) is 5.91 Å². The lowest BCUT2D eigenvalue weighted by molar-refractivity contribution is -0.385. The van der Waals surface area contributed by atoms with Gasteiger partial charge in [0.15, 0.2) is 10.9 Å². The van der Waals surface area contributed by atoms with Crippen molar-refractivity contribution in [1.82, 2.24) is 4.98 Å². The lowest BCUT2D eigenvalue weighted by Crippen LogP contribution is -2.24. The zero-order valence-corrected chi connectivity index (χ0v) is 18.6. The Morgan fingerprint density at radius 2 is 2.00 bits per heavy atom. The summed E-state index contributed by atoms with van der Waals surface area (Å²) >= 11 is 13.5. The quantitative estimate of drug-likeness (QED) is 0.317. The van der Waals surface area contributed by atoms with Gasteiger partial charge < -0.3 is 4.74 Å². The third-order valence-electron chi connectivity index (χ3n) is 4.16. The van der Waals surface area contributed by atoms with Gasteiger partial charge in [-0.3, -0.25) is 19.8 Å². The van der Waals surface area contributed by atoms with Crippen molar-refractivity contribution in [2.24, 2.45) is 0 Å². The molecule has 0 N–H and O–H groups in total. The fraction of sp³-hybridized carbons (Fsp3) is 0.200. The number of carbonyl (C=O) groups excluding carboxylic acids is 1.